The van der Waals surface area contributed by atoms with Gasteiger partial charge < -0.3 is 20.5 Å². The summed E-state index contributed by atoms with van der Waals surface area (Å²) in [4.78, 5) is 4.44. The van der Waals surface area contributed by atoms with Gasteiger partial charge >= 0.3 is 0 Å². The van der Waals surface area contributed by atoms with E-state index in [1.807, 2.05) is 19.1 Å². The van der Waals surface area contributed by atoms with Crippen molar-refractivity contribution in [3.05, 3.63) is 23.5 Å². The summed E-state index contributed by atoms with van der Waals surface area (Å²) in [5, 5.41) is 16.2. The molecule has 2 atom stereocenters. The molecule has 0 aromatic carbocycles. The molecule has 0 spiro atoms. The van der Waals surface area contributed by atoms with Crippen molar-refractivity contribution in [1.29, 1.82) is 0 Å². The Labute approximate surface area is 120 Å². The molecule has 6 heteroatoms. The minimum absolute atomic E-state index is 0. The van der Waals surface area contributed by atoms with Gasteiger partial charge in [-0.05, 0) is 6.92 Å². The predicted molar refractivity (Wildman–Crippen MR) is 76.8 cm³/mol. The molecule has 1 fully saturated rings. The van der Waals surface area contributed by atoms with E-state index in [0.29, 0.717) is 13.1 Å². The van der Waals surface area contributed by atoms with Crippen molar-refractivity contribution < 1.29 is 9.84 Å². The molecule has 5 nitrogen and oxygen atoms in total. The molecule has 2 unspecified atom stereocenters. The minimum atomic E-state index is -0.238. The first-order valence-electron chi connectivity index (χ1n) is 6.30. The van der Waals surface area contributed by atoms with Crippen LogP contribution in [-0.4, -0.2) is 42.9 Å². The Morgan fingerprint density at radius 3 is 2.89 bits per heavy atom. The van der Waals surface area contributed by atoms with Gasteiger partial charge in [-0.25, -0.2) is 0 Å². The fourth-order valence-electron chi connectivity index (χ4n) is 2.22. The first-order valence-corrected chi connectivity index (χ1v) is 6.30. The molecule has 1 aliphatic heterocycles. The van der Waals surface area contributed by atoms with E-state index in [2.05, 4.69) is 15.6 Å². The highest BCUT2D eigenvalue weighted by Crippen LogP contribution is 2.13. The lowest BCUT2D eigenvalue weighted by atomic mass is 10.1. The first kappa shape index (κ1) is 16.2. The Morgan fingerprint density at radius 2 is 2.26 bits per heavy atom. The molecule has 3 N–H and O–H groups in total. The van der Waals surface area contributed by atoms with Crippen LogP contribution >= 0.6 is 12.4 Å². The van der Waals surface area contributed by atoms with Crippen molar-refractivity contribution >= 4 is 12.4 Å². The number of aromatic nitrogens is 1. The number of aliphatic hydroxyl groups excluding tert-OH is 1. The SMILES string of the molecule is COc1cc(C)nc(CNCC2CNCC2O)c1.Cl. The van der Waals surface area contributed by atoms with Crippen LogP contribution in [0.2, 0.25) is 0 Å². The monoisotopic (exact) mass is 287 g/mol. The molecular weight excluding hydrogens is 266 g/mol. The third kappa shape index (κ3) is 4.62. The van der Waals surface area contributed by atoms with Gasteiger partial charge in [0.15, 0.2) is 0 Å². The van der Waals surface area contributed by atoms with E-state index in [1.165, 1.54) is 0 Å². The number of methoxy groups -OCH3 is 1. The standard InChI is InChI=1S/C13H21N3O2.ClH/c1-9-3-12(18-2)4-11(16-9)7-14-5-10-6-15-8-13(10)17;/h3-4,10,13-15,17H,5-8H2,1-2H3;1H. The van der Waals surface area contributed by atoms with Crippen LogP contribution in [0.5, 0.6) is 5.75 Å². The predicted octanol–water partition coefficient (Wildman–Crippen LogP) is 0.490. The van der Waals surface area contributed by atoms with Crippen LogP contribution in [0.1, 0.15) is 11.4 Å². The number of pyridine rings is 1. The molecule has 108 valence electrons. The van der Waals surface area contributed by atoms with E-state index < -0.39 is 0 Å². The number of β-amino-alcohol motifs (C(OH)–C–C–N with tert-alkyl or cyclic N) is 1. The van der Waals surface area contributed by atoms with E-state index in [0.717, 1.165) is 30.2 Å². The largest absolute Gasteiger partial charge is 0.497 e. The van der Waals surface area contributed by atoms with Crippen LogP contribution in [0.25, 0.3) is 0 Å². The summed E-state index contributed by atoms with van der Waals surface area (Å²) in [6.45, 7) is 5.02. The van der Waals surface area contributed by atoms with Crippen molar-refractivity contribution in [1.82, 2.24) is 15.6 Å². The van der Waals surface area contributed by atoms with Crippen molar-refractivity contribution in [3.63, 3.8) is 0 Å². The molecule has 0 radical (unpaired) electrons. The van der Waals surface area contributed by atoms with Gasteiger partial charge in [-0.3, -0.25) is 4.98 Å². The maximum absolute atomic E-state index is 9.67. The maximum Gasteiger partial charge on any atom is 0.122 e. The van der Waals surface area contributed by atoms with E-state index in [-0.39, 0.29) is 24.4 Å². The van der Waals surface area contributed by atoms with Gasteiger partial charge in [-0.1, -0.05) is 0 Å². The number of nitrogens with one attached hydrogen (secondary N) is 2. The topological polar surface area (TPSA) is 66.4 Å². The van der Waals surface area contributed by atoms with E-state index >= 15 is 0 Å². The Kier molecular flexibility index (Phi) is 6.51. The Bertz CT molecular complexity index is 403. The van der Waals surface area contributed by atoms with Gasteiger partial charge in [0.2, 0.25) is 0 Å². The third-order valence-corrected chi connectivity index (χ3v) is 3.23. The van der Waals surface area contributed by atoms with Crippen LogP contribution in [0.4, 0.5) is 0 Å². The quantitative estimate of drug-likeness (QED) is 0.736. The lowest BCUT2D eigenvalue weighted by molar-refractivity contribution is 0.146. The first-order chi connectivity index (χ1) is 8.69. The average molecular weight is 288 g/mol. The van der Waals surface area contributed by atoms with Crippen molar-refractivity contribution in [2.75, 3.05) is 26.7 Å². The van der Waals surface area contributed by atoms with Gasteiger partial charge in [0.05, 0.1) is 18.9 Å². The second-order valence-corrected chi connectivity index (χ2v) is 4.76. The highest BCUT2D eigenvalue weighted by atomic mass is 35.5. The Morgan fingerprint density at radius 1 is 1.47 bits per heavy atom. The number of hydrogen-bond acceptors (Lipinski definition) is 5. The Balaban J connectivity index is 0.00000180. The van der Waals surface area contributed by atoms with Gasteiger partial charge in [-0.2, -0.15) is 0 Å². The molecule has 1 aromatic rings. The molecule has 1 saturated heterocycles. The Hall–Kier alpha value is -0.880. The van der Waals surface area contributed by atoms with E-state index in [4.69, 9.17) is 4.74 Å². The summed E-state index contributed by atoms with van der Waals surface area (Å²) in [6, 6.07) is 3.84. The molecule has 0 bridgehead atoms. The van der Waals surface area contributed by atoms with Gasteiger partial charge in [0.1, 0.15) is 5.75 Å². The summed E-state index contributed by atoms with van der Waals surface area (Å²) < 4.78 is 5.21. The second kappa shape index (κ2) is 7.65. The van der Waals surface area contributed by atoms with Gasteiger partial charge in [0.25, 0.3) is 0 Å². The molecule has 2 rings (SSSR count). The molecule has 1 aliphatic rings. The van der Waals surface area contributed by atoms with Crippen molar-refractivity contribution in [3.8, 4) is 5.75 Å². The summed E-state index contributed by atoms with van der Waals surface area (Å²) in [5.41, 5.74) is 1.92. The third-order valence-electron chi connectivity index (χ3n) is 3.23. The smallest absolute Gasteiger partial charge is 0.122 e. The molecule has 19 heavy (non-hydrogen) atoms. The van der Waals surface area contributed by atoms with Gasteiger partial charge in [0, 0.05) is 49.9 Å². The molecule has 0 amide bonds. The zero-order valence-corrected chi connectivity index (χ0v) is 12.2. The summed E-state index contributed by atoms with van der Waals surface area (Å²) in [7, 11) is 1.66. The normalized spacial score (nSPS) is 22.1. The highest BCUT2D eigenvalue weighted by molar-refractivity contribution is 5.85. The fourth-order valence-corrected chi connectivity index (χ4v) is 2.22. The van der Waals surface area contributed by atoms with Crippen LogP contribution < -0.4 is 15.4 Å². The lowest BCUT2D eigenvalue weighted by Gasteiger charge is -2.14. The minimum Gasteiger partial charge on any atom is -0.497 e. The van der Waals surface area contributed by atoms with Gasteiger partial charge in [-0.15, -0.1) is 12.4 Å². The summed E-state index contributed by atoms with van der Waals surface area (Å²) >= 11 is 0. The van der Waals surface area contributed by atoms with Crippen LogP contribution in [0, 0.1) is 12.8 Å². The number of halogens is 1. The van der Waals surface area contributed by atoms with Crippen LogP contribution in [0.3, 0.4) is 0 Å². The van der Waals surface area contributed by atoms with E-state index in [1.54, 1.807) is 7.11 Å². The second-order valence-electron chi connectivity index (χ2n) is 4.76. The molecular formula is C13H22ClN3O2. The molecule has 0 saturated carbocycles. The number of aryl methyl sites for hydroxylation is 1. The number of hydrogen-bond donors (Lipinski definition) is 3. The zero-order valence-electron chi connectivity index (χ0n) is 11.3. The maximum atomic E-state index is 9.67. The zero-order chi connectivity index (χ0) is 13.0. The van der Waals surface area contributed by atoms with E-state index in [9.17, 15) is 5.11 Å². The van der Waals surface area contributed by atoms with Crippen molar-refractivity contribution in [2.45, 2.75) is 19.6 Å². The number of ether oxygens (including phenoxy) is 1. The van der Waals surface area contributed by atoms with Crippen LogP contribution in [0.15, 0.2) is 12.1 Å². The van der Waals surface area contributed by atoms with Crippen molar-refractivity contribution in [2.24, 2.45) is 5.92 Å². The summed E-state index contributed by atoms with van der Waals surface area (Å²) in [6.07, 6.45) is -0.238. The van der Waals surface area contributed by atoms with Crippen LogP contribution in [-0.2, 0) is 6.54 Å². The molecule has 1 aromatic heterocycles. The fraction of sp³-hybridized carbons (Fsp3) is 0.615. The highest BCUT2D eigenvalue weighted by Gasteiger charge is 2.24. The number of nitrogens with zero attached hydrogens (tertiary/aromatic N) is 1. The average Bonchev–Trinajstić information content (AvgIpc) is 2.74. The lowest BCUT2D eigenvalue weighted by Crippen LogP contribution is -2.30. The molecule has 2 heterocycles. The number of rotatable bonds is 5. The number of aliphatic hydroxyl groups is 1. The summed E-state index contributed by atoms with van der Waals surface area (Å²) in [5.74, 6) is 1.12. The molecule has 0 aliphatic carbocycles.